The first-order valence-corrected chi connectivity index (χ1v) is 8.26. The maximum atomic E-state index is 11.9. The number of halogens is 2. The van der Waals surface area contributed by atoms with Gasteiger partial charge in [0.25, 0.3) is 0 Å². The summed E-state index contributed by atoms with van der Waals surface area (Å²) in [5.41, 5.74) is 5.68. The van der Waals surface area contributed by atoms with Crippen LogP contribution in [0, 0.1) is 0 Å². The molecule has 3 nitrogen and oxygen atoms in total. The van der Waals surface area contributed by atoms with E-state index in [1.807, 2.05) is 35.7 Å². The smallest absolute Gasteiger partial charge is 0.224 e. The number of thioether (sulfide) groups is 1. The van der Waals surface area contributed by atoms with Gasteiger partial charge in [0.2, 0.25) is 5.91 Å². The molecule has 2 N–H and O–H groups in total. The van der Waals surface area contributed by atoms with E-state index in [2.05, 4.69) is 12.1 Å². The highest BCUT2D eigenvalue weighted by Gasteiger charge is 2.23. The second-order valence-corrected chi connectivity index (χ2v) is 7.14. The van der Waals surface area contributed by atoms with Gasteiger partial charge in [0.1, 0.15) is 0 Å². The van der Waals surface area contributed by atoms with E-state index >= 15 is 0 Å². The summed E-state index contributed by atoms with van der Waals surface area (Å²) in [5.74, 6) is 0.190. The molecular formula is C15H22Cl2N2OS. The Hall–Kier alpha value is -0.420. The number of amides is 1. The number of benzene rings is 1. The Labute approximate surface area is 142 Å². The fourth-order valence-electron chi connectivity index (χ4n) is 2.33. The zero-order chi connectivity index (χ0) is 14.5. The molecule has 1 unspecified atom stereocenters. The van der Waals surface area contributed by atoms with E-state index in [1.165, 1.54) is 4.90 Å². The summed E-state index contributed by atoms with van der Waals surface area (Å²) in [6.07, 6.45) is 2.53. The van der Waals surface area contributed by atoms with Crippen LogP contribution in [0.25, 0.3) is 0 Å². The summed E-state index contributed by atoms with van der Waals surface area (Å²) in [7, 11) is 0. The van der Waals surface area contributed by atoms with E-state index in [9.17, 15) is 4.79 Å². The van der Waals surface area contributed by atoms with Crippen LogP contribution in [0.5, 0.6) is 0 Å². The zero-order valence-electron chi connectivity index (χ0n) is 12.1. The van der Waals surface area contributed by atoms with E-state index < -0.39 is 0 Å². The van der Waals surface area contributed by atoms with E-state index in [0.717, 1.165) is 31.0 Å². The molecule has 118 valence electrons. The maximum Gasteiger partial charge on any atom is 0.224 e. The molecule has 1 aliphatic rings. The van der Waals surface area contributed by atoms with Crippen molar-refractivity contribution in [2.75, 3.05) is 13.1 Å². The van der Waals surface area contributed by atoms with Crippen molar-refractivity contribution in [2.45, 2.75) is 42.4 Å². The third-order valence-electron chi connectivity index (χ3n) is 3.41. The number of piperidine rings is 1. The van der Waals surface area contributed by atoms with Gasteiger partial charge in [-0.25, -0.2) is 0 Å². The Balaban J connectivity index is 0.00000220. The van der Waals surface area contributed by atoms with Crippen LogP contribution in [0.1, 0.15) is 26.2 Å². The van der Waals surface area contributed by atoms with Crippen molar-refractivity contribution in [1.29, 1.82) is 0 Å². The highest BCUT2D eigenvalue weighted by atomic mass is 35.5. The van der Waals surface area contributed by atoms with Gasteiger partial charge in [-0.15, -0.1) is 24.2 Å². The monoisotopic (exact) mass is 348 g/mol. The van der Waals surface area contributed by atoms with Crippen molar-refractivity contribution in [3.63, 3.8) is 0 Å². The van der Waals surface area contributed by atoms with Crippen LogP contribution < -0.4 is 5.73 Å². The summed E-state index contributed by atoms with van der Waals surface area (Å²) in [4.78, 5) is 15.1. The molecule has 2 rings (SSSR count). The topological polar surface area (TPSA) is 46.3 Å². The average molecular weight is 349 g/mol. The summed E-state index contributed by atoms with van der Waals surface area (Å²) >= 11 is 7.77. The number of likely N-dealkylation sites (tertiary alicyclic amines) is 1. The fourth-order valence-corrected chi connectivity index (χ4v) is 3.58. The van der Waals surface area contributed by atoms with Gasteiger partial charge in [0.15, 0.2) is 0 Å². The molecule has 0 spiro atoms. The number of carbonyl (C=O) groups is 1. The highest BCUT2D eigenvalue weighted by Crippen LogP contribution is 2.31. The lowest BCUT2D eigenvalue weighted by atomic mass is 10.1. The molecule has 1 heterocycles. The SMILES string of the molecule is CC(N)CC(=O)N1CCC(Sc2ccc(Cl)cc2)CC1.Cl. The number of nitrogens with two attached hydrogens (primary N) is 1. The van der Waals surface area contributed by atoms with Crippen LogP contribution in [0.15, 0.2) is 29.2 Å². The molecule has 21 heavy (non-hydrogen) atoms. The number of hydrogen-bond donors (Lipinski definition) is 1. The first kappa shape index (κ1) is 18.6. The van der Waals surface area contributed by atoms with Crippen LogP contribution in [0.2, 0.25) is 5.02 Å². The van der Waals surface area contributed by atoms with Crippen molar-refractivity contribution in [3.05, 3.63) is 29.3 Å². The zero-order valence-corrected chi connectivity index (χ0v) is 14.5. The normalized spacial score (nSPS) is 17.2. The van der Waals surface area contributed by atoms with E-state index in [1.54, 1.807) is 0 Å². The van der Waals surface area contributed by atoms with Crippen molar-refractivity contribution in [2.24, 2.45) is 5.73 Å². The second kappa shape index (κ2) is 8.89. The molecule has 1 amide bonds. The molecule has 0 aliphatic carbocycles. The van der Waals surface area contributed by atoms with Gasteiger partial charge >= 0.3 is 0 Å². The van der Waals surface area contributed by atoms with Gasteiger partial charge in [-0.1, -0.05) is 11.6 Å². The summed E-state index contributed by atoms with van der Waals surface area (Å²) in [6.45, 7) is 3.56. The maximum absolute atomic E-state index is 11.9. The molecule has 1 atom stereocenters. The molecule has 1 aromatic rings. The lowest BCUT2D eigenvalue weighted by Gasteiger charge is -2.32. The first-order valence-electron chi connectivity index (χ1n) is 7.00. The Bertz CT molecular complexity index is 445. The van der Waals surface area contributed by atoms with Crippen molar-refractivity contribution in [1.82, 2.24) is 4.90 Å². The Kier molecular flexibility index (Phi) is 7.88. The number of carbonyl (C=O) groups excluding carboxylic acids is 1. The minimum atomic E-state index is -0.0522. The van der Waals surface area contributed by atoms with Gasteiger partial charge in [-0.3, -0.25) is 4.79 Å². The standard InChI is InChI=1S/C15H21ClN2OS.ClH/c1-11(17)10-15(19)18-8-6-14(7-9-18)20-13-4-2-12(16)3-5-13;/h2-5,11,14H,6-10,17H2,1H3;1H. The largest absolute Gasteiger partial charge is 0.343 e. The van der Waals surface area contributed by atoms with Crippen molar-refractivity contribution < 1.29 is 4.79 Å². The third-order valence-corrected chi connectivity index (χ3v) is 5.01. The minimum Gasteiger partial charge on any atom is -0.343 e. The molecular weight excluding hydrogens is 327 g/mol. The summed E-state index contributed by atoms with van der Waals surface area (Å²) in [6, 6.07) is 7.90. The average Bonchev–Trinajstić information content (AvgIpc) is 2.41. The molecule has 1 aromatic carbocycles. The molecule has 0 aromatic heterocycles. The quantitative estimate of drug-likeness (QED) is 0.904. The first-order chi connectivity index (χ1) is 9.54. The molecule has 6 heteroatoms. The Morgan fingerprint density at radius 1 is 1.38 bits per heavy atom. The molecule has 1 aliphatic heterocycles. The third kappa shape index (κ3) is 6.07. The van der Waals surface area contributed by atoms with Crippen molar-refractivity contribution >= 4 is 41.7 Å². The number of hydrogen-bond acceptors (Lipinski definition) is 3. The van der Waals surface area contributed by atoms with Crippen LogP contribution in [-0.4, -0.2) is 35.2 Å². The predicted molar refractivity (Wildman–Crippen MR) is 92.4 cm³/mol. The van der Waals surface area contributed by atoms with E-state index in [0.29, 0.717) is 11.7 Å². The lowest BCUT2D eigenvalue weighted by Crippen LogP contribution is -2.41. The highest BCUT2D eigenvalue weighted by molar-refractivity contribution is 8.00. The van der Waals surface area contributed by atoms with Crippen LogP contribution in [0.3, 0.4) is 0 Å². The minimum absolute atomic E-state index is 0. The lowest BCUT2D eigenvalue weighted by molar-refractivity contribution is -0.132. The van der Waals surface area contributed by atoms with E-state index in [4.69, 9.17) is 17.3 Å². The molecule has 0 saturated carbocycles. The van der Waals surface area contributed by atoms with Gasteiger partial charge < -0.3 is 10.6 Å². The molecule has 1 saturated heterocycles. The van der Waals surface area contributed by atoms with Crippen molar-refractivity contribution in [3.8, 4) is 0 Å². The molecule has 1 fully saturated rings. The fraction of sp³-hybridized carbons (Fsp3) is 0.533. The summed E-state index contributed by atoms with van der Waals surface area (Å²) in [5, 5.41) is 1.35. The summed E-state index contributed by atoms with van der Waals surface area (Å²) < 4.78 is 0. The molecule has 0 radical (unpaired) electrons. The van der Waals surface area contributed by atoms with Crippen LogP contribution >= 0.6 is 35.8 Å². The molecule has 0 bridgehead atoms. The van der Waals surface area contributed by atoms with Crippen LogP contribution in [-0.2, 0) is 4.79 Å². The Morgan fingerprint density at radius 3 is 2.48 bits per heavy atom. The van der Waals surface area contributed by atoms with E-state index in [-0.39, 0.29) is 24.4 Å². The van der Waals surface area contributed by atoms with Crippen LogP contribution in [0.4, 0.5) is 0 Å². The number of nitrogens with zero attached hydrogens (tertiary/aromatic N) is 1. The number of rotatable bonds is 4. The van der Waals surface area contributed by atoms with Gasteiger partial charge in [0.05, 0.1) is 0 Å². The van der Waals surface area contributed by atoms with Gasteiger partial charge in [-0.2, -0.15) is 0 Å². The van der Waals surface area contributed by atoms with Gasteiger partial charge in [-0.05, 0) is 44.0 Å². The van der Waals surface area contributed by atoms with Gasteiger partial charge in [0, 0.05) is 40.7 Å². The second-order valence-electron chi connectivity index (χ2n) is 5.33. The Morgan fingerprint density at radius 2 is 1.95 bits per heavy atom. The predicted octanol–water partition coefficient (Wildman–Crippen LogP) is 3.58.